The maximum atomic E-state index is 12.4. The van der Waals surface area contributed by atoms with Crippen LogP contribution in [-0.2, 0) is 11.2 Å². The van der Waals surface area contributed by atoms with Gasteiger partial charge in [0.2, 0.25) is 17.6 Å². The van der Waals surface area contributed by atoms with Gasteiger partial charge in [-0.2, -0.15) is 4.98 Å². The van der Waals surface area contributed by atoms with Gasteiger partial charge in [-0.1, -0.05) is 11.2 Å². The number of aromatic nitrogens is 2. The lowest BCUT2D eigenvalue weighted by molar-refractivity contribution is -0.132. The highest BCUT2D eigenvalue weighted by Crippen LogP contribution is 2.27. The van der Waals surface area contributed by atoms with Gasteiger partial charge in [-0.25, -0.2) is 0 Å². The Balaban J connectivity index is 1.48. The Bertz CT molecular complexity index is 648. The van der Waals surface area contributed by atoms with Crippen molar-refractivity contribution < 1.29 is 14.4 Å². The zero-order valence-corrected chi connectivity index (χ0v) is 14.7. The van der Waals surface area contributed by atoms with Gasteiger partial charge in [0, 0.05) is 32.5 Å². The van der Waals surface area contributed by atoms with Crippen LogP contribution in [0.15, 0.2) is 22.0 Å². The van der Waals surface area contributed by atoms with Crippen molar-refractivity contribution in [3.63, 3.8) is 0 Å². The van der Waals surface area contributed by atoms with E-state index in [1.807, 2.05) is 29.5 Å². The first kappa shape index (κ1) is 17.1. The second kappa shape index (κ2) is 7.90. The molecule has 0 unspecified atom stereocenters. The molecule has 1 saturated carbocycles. The Morgan fingerprint density at radius 2 is 2.21 bits per heavy atom. The number of aliphatic hydroxyl groups excluding tert-OH is 1. The summed E-state index contributed by atoms with van der Waals surface area (Å²) in [5.74, 6) is 1.60. The molecule has 2 aromatic rings. The number of hydrogen-bond acceptors (Lipinski definition) is 6. The first-order valence-corrected chi connectivity index (χ1v) is 9.28. The van der Waals surface area contributed by atoms with Crippen LogP contribution in [0.2, 0.25) is 0 Å². The predicted octanol–water partition coefficient (Wildman–Crippen LogP) is 2.74. The number of carbonyl (C=O) groups excluding carboxylic acids is 1. The van der Waals surface area contributed by atoms with Gasteiger partial charge in [0.15, 0.2) is 0 Å². The van der Waals surface area contributed by atoms with Crippen molar-refractivity contribution in [3.05, 3.63) is 23.4 Å². The van der Waals surface area contributed by atoms with Gasteiger partial charge in [0.25, 0.3) is 0 Å². The number of carbonyl (C=O) groups is 1. The lowest BCUT2D eigenvalue weighted by Crippen LogP contribution is -2.39. The molecule has 1 N–H and O–H groups in total. The average molecular weight is 349 g/mol. The van der Waals surface area contributed by atoms with Crippen LogP contribution < -0.4 is 0 Å². The van der Waals surface area contributed by atoms with Crippen molar-refractivity contribution in [2.45, 2.75) is 44.6 Å². The van der Waals surface area contributed by atoms with Crippen molar-refractivity contribution in [1.82, 2.24) is 15.0 Å². The van der Waals surface area contributed by atoms with E-state index >= 15 is 0 Å². The Hall–Kier alpha value is -1.73. The van der Waals surface area contributed by atoms with Crippen molar-refractivity contribution >= 4 is 17.2 Å². The standard InChI is InChI=1S/C17H23N3O3S/c1-20(13-6-4-12(11-21)5-7-13)16(22)9-8-15-18-17(19-23-15)14-3-2-10-24-14/h2-3,10,12-13,21H,4-9,11H2,1H3. The van der Waals surface area contributed by atoms with E-state index in [4.69, 9.17) is 4.52 Å². The van der Waals surface area contributed by atoms with E-state index in [2.05, 4.69) is 10.1 Å². The highest BCUT2D eigenvalue weighted by molar-refractivity contribution is 7.13. The summed E-state index contributed by atoms with van der Waals surface area (Å²) in [6.45, 7) is 0.258. The van der Waals surface area contributed by atoms with Gasteiger partial charge < -0.3 is 14.5 Å². The average Bonchev–Trinajstić information content (AvgIpc) is 3.30. The molecule has 7 heteroatoms. The molecule has 0 aromatic carbocycles. The molecule has 130 valence electrons. The van der Waals surface area contributed by atoms with Crippen molar-refractivity contribution in [2.75, 3.05) is 13.7 Å². The summed E-state index contributed by atoms with van der Waals surface area (Å²) in [5, 5.41) is 15.1. The van der Waals surface area contributed by atoms with Crippen LogP contribution in [0.4, 0.5) is 0 Å². The molecule has 1 amide bonds. The number of aliphatic hydroxyl groups is 1. The van der Waals surface area contributed by atoms with Gasteiger partial charge in [-0.15, -0.1) is 11.3 Å². The summed E-state index contributed by atoms with van der Waals surface area (Å²) >= 11 is 1.56. The molecule has 0 aliphatic heterocycles. The first-order valence-electron chi connectivity index (χ1n) is 8.40. The molecule has 24 heavy (non-hydrogen) atoms. The van der Waals surface area contributed by atoms with E-state index in [1.54, 1.807) is 11.3 Å². The minimum atomic E-state index is 0.110. The highest BCUT2D eigenvalue weighted by Gasteiger charge is 2.26. The summed E-state index contributed by atoms with van der Waals surface area (Å²) in [6, 6.07) is 4.17. The lowest BCUT2D eigenvalue weighted by atomic mass is 9.86. The third-order valence-corrected chi connectivity index (χ3v) is 5.64. The molecule has 0 bridgehead atoms. The fraction of sp³-hybridized carbons (Fsp3) is 0.588. The van der Waals surface area contributed by atoms with E-state index in [1.165, 1.54) is 0 Å². The Kier molecular flexibility index (Phi) is 5.63. The summed E-state index contributed by atoms with van der Waals surface area (Å²) in [4.78, 5) is 19.6. The Labute approximate surface area is 145 Å². The van der Waals surface area contributed by atoms with E-state index < -0.39 is 0 Å². The van der Waals surface area contributed by atoms with Crippen molar-refractivity contribution in [2.24, 2.45) is 5.92 Å². The number of hydrogen-bond donors (Lipinski definition) is 1. The summed E-state index contributed by atoms with van der Waals surface area (Å²) in [5.41, 5.74) is 0. The van der Waals surface area contributed by atoms with E-state index in [0.29, 0.717) is 30.5 Å². The zero-order valence-electron chi connectivity index (χ0n) is 13.9. The topological polar surface area (TPSA) is 79.5 Å². The second-order valence-corrected chi connectivity index (χ2v) is 7.30. The maximum Gasteiger partial charge on any atom is 0.227 e. The van der Waals surface area contributed by atoms with E-state index in [-0.39, 0.29) is 18.6 Å². The van der Waals surface area contributed by atoms with Crippen LogP contribution in [-0.4, -0.2) is 45.8 Å². The molecule has 1 aliphatic rings. The molecular weight excluding hydrogens is 326 g/mol. The summed E-state index contributed by atoms with van der Waals surface area (Å²) in [7, 11) is 1.87. The number of amides is 1. The van der Waals surface area contributed by atoms with Crippen molar-refractivity contribution in [3.8, 4) is 10.7 Å². The number of rotatable bonds is 6. The summed E-state index contributed by atoms with van der Waals surface area (Å²) < 4.78 is 5.24. The van der Waals surface area contributed by atoms with Gasteiger partial charge in [0.05, 0.1) is 4.88 Å². The number of thiophene rings is 1. The lowest BCUT2D eigenvalue weighted by Gasteiger charge is -2.34. The molecule has 1 aliphatic carbocycles. The first-order chi connectivity index (χ1) is 11.7. The molecule has 0 radical (unpaired) electrons. The summed E-state index contributed by atoms with van der Waals surface area (Å²) in [6.07, 6.45) is 4.77. The Morgan fingerprint density at radius 3 is 2.88 bits per heavy atom. The molecule has 3 rings (SSSR count). The van der Waals surface area contributed by atoms with Crippen LogP contribution >= 0.6 is 11.3 Å². The number of aryl methyl sites for hydroxylation is 1. The molecule has 0 saturated heterocycles. The Morgan fingerprint density at radius 1 is 1.42 bits per heavy atom. The van der Waals surface area contributed by atoms with Gasteiger partial charge in [-0.05, 0) is 43.0 Å². The zero-order chi connectivity index (χ0) is 16.9. The minimum absolute atomic E-state index is 0.110. The van der Waals surface area contributed by atoms with Crippen LogP contribution in [0.5, 0.6) is 0 Å². The fourth-order valence-electron chi connectivity index (χ4n) is 3.17. The monoisotopic (exact) mass is 349 g/mol. The second-order valence-electron chi connectivity index (χ2n) is 6.35. The van der Waals surface area contributed by atoms with Crippen LogP contribution in [0.3, 0.4) is 0 Å². The normalized spacial score (nSPS) is 20.9. The molecule has 6 nitrogen and oxygen atoms in total. The molecule has 0 spiro atoms. The largest absolute Gasteiger partial charge is 0.396 e. The van der Waals surface area contributed by atoms with Gasteiger partial charge in [0.1, 0.15) is 0 Å². The highest BCUT2D eigenvalue weighted by atomic mass is 32.1. The van der Waals surface area contributed by atoms with Gasteiger partial charge in [-0.3, -0.25) is 4.79 Å². The molecule has 0 atom stereocenters. The predicted molar refractivity (Wildman–Crippen MR) is 91.5 cm³/mol. The molecular formula is C17H23N3O3S. The third-order valence-electron chi connectivity index (χ3n) is 4.78. The molecule has 2 aromatic heterocycles. The maximum absolute atomic E-state index is 12.4. The van der Waals surface area contributed by atoms with Gasteiger partial charge >= 0.3 is 0 Å². The number of nitrogens with zero attached hydrogens (tertiary/aromatic N) is 3. The van der Waals surface area contributed by atoms with Crippen LogP contribution in [0, 0.1) is 5.92 Å². The van der Waals surface area contributed by atoms with E-state index in [0.717, 1.165) is 30.6 Å². The smallest absolute Gasteiger partial charge is 0.227 e. The third kappa shape index (κ3) is 4.02. The molecule has 2 heterocycles. The quantitative estimate of drug-likeness (QED) is 0.867. The SMILES string of the molecule is CN(C(=O)CCc1nc(-c2cccs2)no1)C1CCC(CO)CC1. The molecule has 1 fully saturated rings. The fourth-order valence-corrected chi connectivity index (χ4v) is 3.82. The van der Waals surface area contributed by atoms with E-state index in [9.17, 15) is 9.90 Å². The van der Waals surface area contributed by atoms with Crippen molar-refractivity contribution in [1.29, 1.82) is 0 Å². The van der Waals surface area contributed by atoms with Crippen LogP contribution in [0.1, 0.15) is 38.0 Å². The minimum Gasteiger partial charge on any atom is -0.396 e. The van der Waals surface area contributed by atoms with Crippen LogP contribution in [0.25, 0.3) is 10.7 Å².